The van der Waals surface area contributed by atoms with Crippen LogP contribution in [0.1, 0.15) is 115 Å². The second-order valence-corrected chi connectivity index (χ2v) is 28.0. The van der Waals surface area contributed by atoms with Gasteiger partial charge in [-0.2, -0.15) is 0 Å². The monoisotopic (exact) mass is 1300 g/mol. The first-order chi connectivity index (χ1) is 34.9. The molecule has 0 aliphatic carbocycles. The standard InChI is InChI=1S/C20H23N5O4S.C15H17IN4O3S.C11H18BNO3.C4H10I/c1-9(2)30(26,27)25-20-21-16-8-14(17-10(3)23-28-12(17)5)7-15(19(16)22-20)18-11(4)24-29-13(18)6;1-7(2)24(21,22)20-15-17-12-6-10(5-11(16)14(12)18-15)13-8(3)19-23-9(13)4;1-7-9(8(2)14-13-7)12-15-10(3,4)11(5,6)16-12;1-3-4-5-2/h7-9H,1-6H3,(H2,21,22,25);5-7H,1-4H3,(H2,17,18,20);1-6H3;3-4H2,1-2H3/q;;;-1. The van der Waals surface area contributed by atoms with Gasteiger partial charge < -0.3 is 37.4 Å². The number of hydrogen-bond acceptors (Lipinski definition) is 16. The number of nitrogens with zero attached hydrogens (tertiary/aromatic N) is 6. The van der Waals surface area contributed by atoms with Crippen LogP contribution in [0.4, 0.5) is 11.9 Å². The molecule has 408 valence electrons. The summed E-state index contributed by atoms with van der Waals surface area (Å²) in [5.41, 5.74) is 11.4. The van der Waals surface area contributed by atoms with Crippen molar-refractivity contribution < 1.29 is 65.4 Å². The number of aryl methyl sites for hydroxylation is 8. The number of nitrogens with one attached hydrogen (secondary N) is 4. The van der Waals surface area contributed by atoms with Gasteiger partial charge in [-0.05, 0) is 169 Å². The molecule has 0 radical (unpaired) electrons. The van der Waals surface area contributed by atoms with Gasteiger partial charge in [0.25, 0.3) is 0 Å². The minimum Gasteiger partial charge on any atom is -0.399 e. The summed E-state index contributed by atoms with van der Waals surface area (Å²) in [5, 5.41) is 14.9. The van der Waals surface area contributed by atoms with Gasteiger partial charge in [0.05, 0.1) is 61.0 Å². The molecule has 4 N–H and O–H groups in total. The molecule has 0 bridgehead atoms. The van der Waals surface area contributed by atoms with Gasteiger partial charge in [0.2, 0.25) is 31.9 Å². The van der Waals surface area contributed by atoms with E-state index in [2.05, 4.69) is 84.5 Å². The summed E-state index contributed by atoms with van der Waals surface area (Å²) in [7, 11) is -7.38. The molecule has 1 saturated heterocycles. The van der Waals surface area contributed by atoms with Gasteiger partial charge in [-0.25, -0.2) is 26.8 Å². The van der Waals surface area contributed by atoms with Crippen LogP contribution in [0.2, 0.25) is 0 Å². The van der Waals surface area contributed by atoms with Crippen LogP contribution in [0.15, 0.2) is 42.4 Å². The topological polar surface area (TPSA) is 272 Å². The van der Waals surface area contributed by atoms with Crippen molar-refractivity contribution in [3.63, 3.8) is 0 Å². The molecular formula is C50H68BI2N10O10S2-. The Morgan fingerprint density at radius 3 is 1.39 bits per heavy atom. The number of fused-ring (bicyclic) bond motifs is 2. The molecule has 1 aliphatic rings. The number of hydrogen-bond donors (Lipinski definition) is 4. The Labute approximate surface area is 463 Å². The third-order valence-electron chi connectivity index (χ3n) is 12.7. The predicted octanol–water partition coefficient (Wildman–Crippen LogP) is 7.55. The van der Waals surface area contributed by atoms with Crippen LogP contribution >= 0.6 is 22.6 Å². The molecule has 75 heavy (non-hydrogen) atoms. The van der Waals surface area contributed by atoms with Crippen LogP contribution in [0.5, 0.6) is 0 Å². The van der Waals surface area contributed by atoms with Crippen LogP contribution < -0.4 is 36.1 Å². The fourth-order valence-corrected chi connectivity index (χ4v) is 10.9. The summed E-state index contributed by atoms with van der Waals surface area (Å²) >= 11 is 2.79. The Hall–Kier alpha value is -4.84. The Balaban J connectivity index is 0.000000182. The quantitative estimate of drug-likeness (QED) is 0.0522. The second kappa shape index (κ2) is 23.4. The molecule has 1 aliphatic heterocycles. The maximum Gasteiger partial charge on any atom is 0.500 e. The van der Waals surface area contributed by atoms with Crippen LogP contribution in [-0.2, 0) is 29.4 Å². The molecular weight excluding hydrogens is 1230 g/mol. The van der Waals surface area contributed by atoms with E-state index in [1.807, 2.05) is 107 Å². The zero-order chi connectivity index (χ0) is 55.7. The van der Waals surface area contributed by atoms with Crippen molar-refractivity contribution >= 4 is 89.2 Å². The Morgan fingerprint density at radius 2 is 1.01 bits per heavy atom. The number of benzene rings is 2. The molecule has 0 spiro atoms. The number of anilines is 2. The third kappa shape index (κ3) is 13.1. The zero-order valence-corrected chi connectivity index (χ0v) is 51.7. The summed E-state index contributed by atoms with van der Waals surface area (Å²) in [6.07, 6.45) is 1.39. The summed E-state index contributed by atoms with van der Waals surface area (Å²) in [6, 6.07) is 7.79. The number of halogens is 2. The van der Waals surface area contributed by atoms with E-state index in [4.69, 9.17) is 27.4 Å². The maximum atomic E-state index is 12.3. The van der Waals surface area contributed by atoms with E-state index < -0.39 is 30.5 Å². The largest absolute Gasteiger partial charge is 0.500 e. The maximum absolute atomic E-state index is 12.3. The van der Waals surface area contributed by atoms with Gasteiger partial charge in [-0.1, -0.05) is 20.6 Å². The SMILES string of the molecule is CCC[I-]C.Cc1noc(C)c1-c1cc(-c2c(C)noc2C)c2nc(NS(=O)(=O)C(C)C)[nH]c2c1.Cc1noc(C)c1-c1cc(I)c2nc(NS(=O)(=O)C(C)C)[nH]c2c1.Cc1noc(C)c1B1OC(C)(C)C(C)(C)O1. The van der Waals surface area contributed by atoms with Crippen molar-refractivity contribution in [3.8, 4) is 33.4 Å². The average Bonchev–Trinajstić information content (AvgIpc) is 4.19. The van der Waals surface area contributed by atoms with E-state index in [1.165, 1.54) is 10.8 Å². The zero-order valence-electron chi connectivity index (χ0n) is 45.8. The molecule has 25 heteroatoms. The number of imidazole rings is 2. The predicted molar refractivity (Wildman–Crippen MR) is 298 cm³/mol. The third-order valence-corrected chi connectivity index (χ3v) is 19.2. The molecule has 9 rings (SSSR count). The summed E-state index contributed by atoms with van der Waals surface area (Å²) in [6.45, 7) is 31.8. The number of sulfonamides is 2. The van der Waals surface area contributed by atoms with Crippen molar-refractivity contribution in [2.45, 2.75) is 146 Å². The van der Waals surface area contributed by atoms with E-state index in [0.29, 0.717) is 49.3 Å². The summed E-state index contributed by atoms with van der Waals surface area (Å²) in [4.78, 5) is 17.3. The first kappa shape index (κ1) is 59.4. The van der Waals surface area contributed by atoms with Gasteiger partial charge >= 0.3 is 51.0 Å². The fraction of sp³-hybridized carbons (Fsp3) is 0.480. The van der Waals surface area contributed by atoms with Crippen molar-refractivity contribution in [3.05, 3.63) is 73.7 Å². The Morgan fingerprint density at radius 1 is 0.613 bits per heavy atom. The second-order valence-electron chi connectivity index (χ2n) is 19.7. The molecule has 0 unspecified atom stereocenters. The van der Waals surface area contributed by atoms with E-state index in [0.717, 1.165) is 82.2 Å². The van der Waals surface area contributed by atoms with Crippen LogP contribution in [-0.4, -0.2) is 95.6 Å². The molecule has 7 heterocycles. The molecule has 8 aromatic rings. The minimum atomic E-state index is -3.55. The number of aromatic nitrogens is 8. The van der Waals surface area contributed by atoms with Crippen molar-refractivity contribution in [1.82, 2.24) is 40.6 Å². The number of aromatic amines is 2. The van der Waals surface area contributed by atoms with E-state index >= 15 is 0 Å². The molecule has 20 nitrogen and oxygen atoms in total. The first-order valence-electron chi connectivity index (χ1n) is 24.2. The van der Waals surface area contributed by atoms with E-state index in [9.17, 15) is 16.8 Å². The normalized spacial score (nSPS) is 14.3. The smallest absolute Gasteiger partial charge is 0.399 e. The van der Waals surface area contributed by atoms with Crippen LogP contribution in [0.3, 0.4) is 0 Å². The molecule has 2 aromatic carbocycles. The van der Waals surface area contributed by atoms with Crippen LogP contribution in [0, 0.1) is 59.0 Å². The summed E-state index contributed by atoms with van der Waals surface area (Å²) < 4.78 is 89.0. The Bertz CT molecular complexity index is 3440. The molecule has 6 aromatic heterocycles. The average molecular weight is 1300 g/mol. The van der Waals surface area contributed by atoms with Gasteiger partial charge in [0, 0.05) is 31.3 Å². The minimum absolute atomic E-state index is 0.155. The summed E-state index contributed by atoms with van der Waals surface area (Å²) in [5.74, 6) is 3.21. The molecule has 0 amide bonds. The van der Waals surface area contributed by atoms with Gasteiger partial charge in [-0.15, -0.1) is 0 Å². The number of H-pyrrole nitrogens is 2. The van der Waals surface area contributed by atoms with Crippen molar-refractivity contribution in [2.75, 3.05) is 18.8 Å². The van der Waals surface area contributed by atoms with Crippen molar-refractivity contribution in [1.29, 1.82) is 0 Å². The molecule has 0 saturated carbocycles. The molecule has 1 fully saturated rings. The van der Waals surface area contributed by atoms with E-state index in [1.54, 1.807) is 27.7 Å². The van der Waals surface area contributed by atoms with Crippen molar-refractivity contribution in [2.24, 2.45) is 0 Å². The number of rotatable bonds is 12. The van der Waals surface area contributed by atoms with Gasteiger partial charge in [0.1, 0.15) is 28.6 Å². The van der Waals surface area contributed by atoms with Gasteiger partial charge in [-0.3, -0.25) is 9.44 Å². The first-order valence-corrected chi connectivity index (χ1v) is 32.1. The van der Waals surface area contributed by atoms with Crippen LogP contribution in [0.25, 0.3) is 55.4 Å². The Kier molecular flexibility index (Phi) is 18.5. The fourth-order valence-electron chi connectivity index (χ4n) is 7.91. The molecule has 0 atom stereocenters. The number of alkyl halides is 2. The van der Waals surface area contributed by atoms with E-state index in [-0.39, 0.29) is 30.2 Å². The van der Waals surface area contributed by atoms with Gasteiger partial charge in [0.15, 0.2) is 0 Å².